The summed E-state index contributed by atoms with van der Waals surface area (Å²) < 4.78 is 0. The van der Waals surface area contributed by atoms with Crippen molar-refractivity contribution in [1.29, 1.82) is 5.26 Å². The molecular weight excluding hydrogens is 308 g/mol. The Morgan fingerprint density at radius 3 is 2.24 bits per heavy atom. The van der Waals surface area contributed by atoms with E-state index in [1.807, 2.05) is 30.3 Å². The number of anilines is 1. The standard InChI is InChI=1S/C21H20N4/c22-16-19-14-15-21(25-24-19)23-20(18-11-5-2-6-12-18)13-7-10-17-8-3-1-4-9-17/h1-6,8-9,11-12,14-15,20H,7,10,13H2,(H,23,25). The predicted octanol–water partition coefficient (Wildman–Crippen LogP) is 4.52. The van der Waals surface area contributed by atoms with Crippen LogP contribution in [0.25, 0.3) is 0 Å². The average Bonchev–Trinajstić information content (AvgIpc) is 2.69. The van der Waals surface area contributed by atoms with Gasteiger partial charge in [-0.25, -0.2) is 0 Å². The first-order valence-corrected chi connectivity index (χ1v) is 8.44. The molecule has 3 aromatic rings. The number of nitrogens with one attached hydrogen (secondary N) is 1. The lowest BCUT2D eigenvalue weighted by atomic mass is 9.99. The van der Waals surface area contributed by atoms with Crippen LogP contribution in [0.3, 0.4) is 0 Å². The number of hydrogen-bond acceptors (Lipinski definition) is 4. The van der Waals surface area contributed by atoms with Gasteiger partial charge >= 0.3 is 0 Å². The second-order valence-electron chi connectivity index (χ2n) is 5.90. The molecule has 0 fully saturated rings. The molecule has 0 amide bonds. The van der Waals surface area contributed by atoms with Gasteiger partial charge in [-0.3, -0.25) is 0 Å². The summed E-state index contributed by atoms with van der Waals surface area (Å²) in [5.41, 5.74) is 2.90. The van der Waals surface area contributed by atoms with Crippen molar-refractivity contribution in [2.24, 2.45) is 0 Å². The van der Waals surface area contributed by atoms with Crippen LogP contribution in [0.4, 0.5) is 5.82 Å². The molecule has 25 heavy (non-hydrogen) atoms. The molecule has 0 spiro atoms. The molecule has 2 aromatic carbocycles. The summed E-state index contributed by atoms with van der Waals surface area (Å²) in [7, 11) is 0. The highest BCUT2D eigenvalue weighted by Crippen LogP contribution is 2.23. The number of hydrogen-bond donors (Lipinski definition) is 1. The summed E-state index contributed by atoms with van der Waals surface area (Å²) in [4.78, 5) is 0. The van der Waals surface area contributed by atoms with Gasteiger partial charge in [0.15, 0.2) is 5.69 Å². The van der Waals surface area contributed by atoms with Crippen molar-refractivity contribution in [3.8, 4) is 6.07 Å². The third kappa shape index (κ3) is 4.89. The van der Waals surface area contributed by atoms with Gasteiger partial charge in [-0.15, -0.1) is 10.2 Å². The number of nitrogens with zero attached hydrogens (tertiary/aromatic N) is 3. The Balaban J connectivity index is 1.68. The van der Waals surface area contributed by atoms with Gasteiger partial charge in [0.2, 0.25) is 0 Å². The minimum Gasteiger partial charge on any atom is -0.362 e. The summed E-state index contributed by atoms with van der Waals surface area (Å²) in [6.07, 6.45) is 3.10. The molecule has 0 bridgehead atoms. The number of benzene rings is 2. The van der Waals surface area contributed by atoms with E-state index in [2.05, 4.69) is 51.9 Å². The fourth-order valence-electron chi connectivity index (χ4n) is 2.81. The van der Waals surface area contributed by atoms with Crippen LogP contribution in [-0.2, 0) is 6.42 Å². The zero-order valence-corrected chi connectivity index (χ0v) is 14.0. The van der Waals surface area contributed by atoms with Crippen LogP contribution in [0.5, 0.6) is 0 Å². The summed E-state index contributed by atoms with van der Waals surface area (Å²) >= 11 is 0. The first-order valence-electron chi connectivity index (χ1n) is 8.44. The van der Waals surface area contributed by atoms with E-state index < -0.39 is 0 Å². The second kappa shape index (κ2) is 8.60. The smallest absolute Gasteiger partial charge is 0.163 e. The Bertz CT molecular complexity index is 808. The van der Waals surface area contributed by atoms with Crippen molar-refractivity contribution in [2.45, 2.75) is 25.3 Å². The van der Waals surface area contributed by atoms with Crippen LogP contribution in [0.2, 0.25) is 0 Å². The minimum atomic E-state index is 0.159. The van der Waals surface area contributed by atoms with E-state index in [0.717, 1.165) is 19.3 Å². The Morgan fingerprint density at radius 2 is 1.60 bits per heavy atom. The Hall–Kier alpha value is -3.19. The fourth-order valence-corrected chi connectivity index (χ4v) is 2.81. The van der Waals surface area contributed by atoms with E-state index in [1.165, 1.54) is 11.1 Å². The summed E-state index contributed by atoms with van der Waals surface area (Å²) in [6.45, 7) is 0. The first kappa shape index (κ1) is 16.7. The maximum Gasteiger partial charge on any atom is 0.163 e. The number of nitriles is 1. The lowest BCUT2D eigenvalue weighted by Crippen LogP contribution is -2.12. The molecule has 0 radical (unpaired) electrons. The van der Waals surface area contributed by atoms with Crippen LogP contribution in [0, 0.1) is 11.3 Å². The van der Waals surface area contributed by atoms with Crippen LogP contribution in [-0.4, -0.2) is 10.2 Å². The van der Waals surface area contributed by atoms with Crippen molar-refractivity contribution in [2.75, 3.05) is 5.32 Å². The molecule has 4 heteroatoms. The molecule has 1 heterocycles. The van der Waals surface area contributed by atoms with Crippen molar-refractivity contribution in [3.63, 3.8) is 0 Å². The molecule has 0 saturated carbocycles. The van der Waals surface area contributed by atoms with Crippen LogP contribution >= 0.6 is 0 Å². The van der Waals surface area contributed by atoms with Crippen LogP contribution in [0.15, 0.2) is 72.8 Å². The molecule has 1 unspecified atom stereocenters. The maximum atomic E-state index is 8.84. The van der Waals surface area contributed by atoms with Crippen molar-refractivity contribution >= 4 is 5.82 Å². The quantitative estimate of drug-likeness (QED) is 0.692. The van der Waals surface area contributed by atoms with E-state index in [4.69, 9.17) is 5.26 Å². The van der Waals surface area contributed by atoms with E-state index >= 15 is 0 Å². The van der Waals surface area contributed by atoms with Crippen LogP contribution < -0.4 is 5.32 Å². The Kier molecular flexibility index (Phi) is 5.73. The lowest BCUT2D eigenvalue weighted by Gasteiger charge is -2.19. The molecule has 1 N–H and O–H groups in total. The molecule has 0 saturated heterocycles. The van der Waals surface area contributed by atoms with Gasteiger partial charge in [-0.1, -0.05) is 60.7 Å². The number of aryl methyl sites for hydroxylation is 1. The van der Waals surface area contributed by atoms with Gasteiger partial charge in [0, 0.05) is 0 Å². The minimum absolute atomic E-state index is 0.159. The van der Waals surface area contributed by atoms with Gasteiger partial charge in [0.25, 0.3) is 0 Å². The normalized spacial score (nSPS) is 11.5. The molecule has 1 aromatic heterocycles. The van der Waals surface area contributed by atoms with E-state index in [0.29, 0.717) is 11.5 Å². The third-order valence-corrected chi connectivity index (χ3v) is 4.10. The third-order valence-electron chi connectivity index (χ3n) is 4.10. The largest absolute Gasteiger partial charge is 0.362 e. The Labute approximate surface area is 148 Å². The molecule has 0 aliphatic rings. The predicted molar refractivity (Wildman–Crippen MR) is 98.9 cm³/mol. The van der Waals surface area contributed by atoms with Gasteiger partial charge in [-0.05, 0) is 42.5 Å². The highest BCUT2D eigenvalue weighted by Gasteiger charge is 2.12. The van der Waals surface area contributed by atoms with E-state index in [-0.39, 0.29) is 6.04 Å². The van der Waals surface area contributed by atoms with Gasteiger partial charge in [0.05, 0.1) is 6.04 Å². The van der Waals surface area contributed by atoms with Gasteiger partial charge in [-0.2, -0.15) is 5.26 Å². The summed E-state index contributed by atoms with van der Waals surface area (Å²) in [5, 5.41) is 20.3. The molecule has 0 aliphatic heterocycles. The zero-order valence-electron chi connectivity index (χ0n) is 14.0. The molecule has 4 nitrogen and oxygen atoms in total. The van der Waals surface area contributed by atoms with E-state index in [1.54, 1.807) is 12.1 Å². The Morgan fingerprint density at radius 1 is 0.880 bits per heavy atom. The molecule has 3 rings (SSSR count). The topological polar surface area (TPSA) is 61.6 Å². The number of rotatable bonds is 7. The first-order chi connectivity index (χ1) is 12.3. The van der Waals surface area contributed by atoms with Gasteiger partial charge in [0.1, 0.15) is 11.9 Å². The molecule has 0 aliphatic carbocycles. The van der Waals surface area contributed by atoms with Crippen molar-refractivity contribution in [3.05, 3.63) is 89.6 Å². The van der Waals surface area contributed by atoms with Crippen molar-refractivity contribution in [1.82, 2.24) is 10.2 Å². The average molecular weight is 328 g/mol. The molecule has 124 valence electrons. The summed E-state index contributed by atoms with van der Waals surface area (Å²) in [5.74, 6) is 0.688. The van der Waals surface area contributed by atoms with Crippen molar-refractivity contribution < 1.29 is 0 Å². The molecular formula is C21H20N4. The highest BCUT2D eigenvalue weighted by molar-refractivity contribution is 5.39. The fraction of sp³-hybridized carbons (Fsp3) is 0.190. The van der Waals surface area contributed by atoms with Gasteiger partial charge < -0.3 is 5.32 Å². The van der Waals surface area contributed by atoms with Crippen LogP contribution in [0.1, 0.15) is 35.7 Å². The summed E-state index contributed by atoms with van der Waals surface area (Å²) in [6, 6.07) is 26.5. The highest BCUT2D eigenvalue weighted by atomic mass is 15.2. The molecule has 1 atom stereocenters. The maximum absolute atomic E-state index is 8.84. The monoisotopic (exact) mass is 328 g/mol. The second-order valence-corrected chi connectivity index (χ2v) is 5.90. The van der Waals surface area contributed by atoms with E-state index in [9.17, 15) is 0 Å². The lowest BCUT2D eigenvalue weighted by molar-refractivity contribution is 0.640. The SMILES string of the molecule is N#Cc1ccc(NC(CCCc2ccccc2)c2ccccc2)nn1. The number of aromatic nitrogens is 2. The zero-order chi connectivity index (χ0) is 17.3.